The van der Waals surface area contributed by atoms with Crippen molar-refractivity contribution in [1.82, 2.24) is 9.97 Å². The van der Waals surface area contributed by atoms with Crippen molar-refractivity contribution < 1.29 is 4.74 Å². The molecule has 0 unspecified atom stereocenters. The number of rotatable bonds is 8. The molecule has 0 atom stereocenters. The number of nitrogens with zero attached hydrogens (tertiary/aromatic N) is 3. The van der Waals surface area contributed by atoms with Crippen LogP contribution in [0.5, 0.6) is 0 Å². The molecule has 18 heavy (non-hydrogen) atoms. The first-order valence-electron chi connectivity index (χ1n) is 6.53. The molecule has 0 spiro atoms. The number of aromatic nitrogens is 2. The fourth-order valence-corrected chi connectivity index (χ4v) is 1.42. The van der Waals surface area contributed by atoms with Crippen LogP contribution in [0.2, 0.25) is 0 Å². The van der Waals surface area contributed by atoms with E-state index in [1.165, 1.54) is 0 Å². The highest BCUT2D eigenvalue weighted by Crippen LogP contribution is 2.10. The van der Waals surface area contributed by atoms with Gasteiger partial charge in [-0.3, -0.25) is 0 Å². The minimum absolute atomic E-state index is 0.269. The first-order chi connectivity index (χ1) is 8.63. The molecule has 0 aliphatic carbocycles. The minimum atomic E-state index is 0.269. The second kappa shape index (κ2) is 7.87. The summed E-state index contributed by atoms with van der Waals surface area (Å²) >= 11 is 0. The molecule has 0 fully saturated rings. The summed E-state index contributed by atoms with van der Waals surface area (Å²) in [5.41, 5.74) is 0. The lowest BCUT2D eigenvalue weighted by Gasteiger charge is -2.19. The molecule has 5 heteroatoms. The molecule has 0 saturated heterocycles. The van der Waals surface area contributed by atoms with Gasteiger partial charge >= 0.3 is 0 Å². The van der Waals surface area contributed by atoms with Gasteiger partial charge in [0.15, 0.2) is 0 Å². The lowest BCUT2D eigenvalue weighted by Crippen LogP contribution is -2.25. The Morgan fingerprint density at radius 1 is 1.44 bits per heavy atom. The highest BCUT2D eigenvalue weighted by atomic mass is 16.5. The molecule has 1 aromatic rings. The molecule has 102 valence electrons. The van der Waals surface area contributed by atoms with E-state index in [0.717, 1.165) is 25.3 Å². The molecule has 0 aliphatic heterocycles. The molecule has 0 aromatic carbocycles. The van der Waals surface area contributed by atoms with E-state index < -0.39 is 0 Å². The summed E-state index contributed by atoms with van der Waals surface area (Å²) in [6.45, 7) is 8.61. The summed E-state index contributed by atoms with van der Waals surface area (Å²) < 4.78 is 5.53. The fourth-order valence-electron chi connectivity index (χ4n) is 1.42. The monoisotopic (exact) mass is 252 g/mol. The van der Waals surface area contributed by atoms with E-state index >= 15 is 0 Å². The van der Waals surface area contributed by atoms with E-state index in [1.807, 2.05) is 27.0 Å². The Bertz CT molecular complexity index is 344. The highest BCUT2D eigenvalue weighted by molar-refractivity contribution is 5.41. The van der Waals surface area contributed by atoms with Crippen LogP contribution in [0.1, 0.15) is 27.2 Å². The number of ether oxygens (including phenoxy) is 1. The van der Waals surface area contributed by atoms with Gasteiger partial charge in [-0.1, -0.05) is 6.92 Å². The molecule has 5 nitrogen and oxygen atoms in total. The second-order valence-electron chi connectivity index (χ2n) is 4.51. The average Bonchev–Trinajstić information content (AvgIpc) is 2.36. The maximum absolute atomic E-state index is 5.53. The molecule has 0 amide bonds. The van der Waals surface area contributed by atoms with Gasteiger partial charge in [-0.25, -0.2) is 4.98 Å². The maximum Gasteiger partial charge on any atom is 0.224 e. The van der Waals surface area contributed by atoms with Crippen molar-refractivity contribution >= 4 is 11.8 Å². The van der Waals surface area contributed by atoms with Gasteiger partial charge in [0, 0.05) is 26.3 Å². The third-order valence-corrected chi connectivity index (χ3v) is 2.44. The molecule has 0 bridgehead atoms. The van der Waals surface area contributed by atoms with Crippen LogP contribution in [0.3, 0.4) is 0 Å². The van der Waals surface area contributed by atoms with Gasteiger partial charge in [0.25, 0.3) is 0 Å². The van der Waals surface area contributed by atoms with Crippen molar-refractivity contribution in [3.63, 3.8) is 0 Å². The highest BCUT2D eigenvalue weighted by Gasteiger charge is 2.04. The number of anilines is 2. The summed E-state index contributed by atoms with van der Waals surface area (Å²) in [5, 5.41) is 3.18. The topological polar surface area (TPSA) is 50.3 Å². The Balaban J connectivity index is 2.48. The van der Waals surface area contributed by atoms with Crippen LogP contribution in [0, 0.1) is 0 Å². The molecule has 0 aliphatic rings. The summed E-state index contributed by atoms with van der Waals surface area (Å²) in [7, 11) is 2.01. The normalized spacial score (nSPS) is 10.7. The van der Waals surface area contributed by atoms with Crippen LogP contribution in [0.25, 0.3) is 0 Å². The van der Waals surface area contributed by atoms with Crippen molar-refractivity contribution in [2.75, 3.05) is 37.0 Å². The molecular weight excluding hydrogens is 228 g/mol. The van der Waals surface area contributed by atoms with E-state index in [2.05, 4.69) is 27.1 Å². The zero-order valence-corrected chi connectivity index (χ0v) is 11.8. The predicted octanol–water partition coefficient (Wildman–Crippen LogP) is 2.16. The molecule has 0 radical (unpaired) electrons. The smallest absolute Gasteiger partial charge is 0.224 e. The lowest BCUT2D eigenvalue weighted by atomic mass is 10.4. The predicted molar refractivity (Wildman–Crippen MR) is 75.2 cm³/mol. The Labute approximate surface area is 110 Å². The number of nitrogens with one attached hydrogen (secondary N) is 1. The average molecular weight is 252 g/mol. The summed E-state index contributed by atoms with van der Waals surface area (Å²) in [6.07, 6.45) is 3.11. The zero-order chi connectivity index (χ0) is 13.4. The molecule has 1 N–H and O–H groups in total. The molecule has 0 saturated carbocycles. The minimum Gasteiger partial charge on any atom is -0.377 e. The number of hydrogen-bond acceptors (Lipinski definition) is 5. The van der Waals surface area contributed by atoms with Gasteiger partial charge in [-0.05, 0) is 26.3 Å². The van der Waals surface area contributed by atoms with Crippen LogP contribution in [-0.2, 0) is 4.74 Å². The second-order valence-corrected chi connectivity index (χ2v) is 4.51. The number of hydrogen-bond donors (Lipinski definition) is 1. The first-order valence-corrected chi connectivity index (χ1v) is 6.53. The quantitative estimate of drug-likeness (QED) is 0.768. The van der Waals surface area contributed by atoms with Gasteiger partial charge in [0.2, 0.25) is 5.95 Å². The molecule has 1 rings (SSSR count). The Kier molecular flexibility index (Phi) is 6.43. The molecular formula is C13H24N4O. The van der Waals surface area contributed by atoms with Crippen molar-refractivity contribution in [3.05, 3.63) is 12.3 Å². The summed E-state index contributed by atoms with van der Waals surface area (Å²) in [6, 6.07) is 1.91. The molecule has 1 heterocycles. The lowest BCUT2D eigenvalue weighted by molar-refractivity contribution is 0.0845. The third kappa shape index (κ3) is 5.31. The standard InChI is InChI=1S/C13H24N4O/c1-5-7-14-13-15-8-6-12(16-13)17(4)9-10-18-11(2)3/h6,8,11H,5,7,9-10H2,1-4H3,(H,14,15,16). The third-order valence-electron chi connectivity index (χ3n) is 2.44. The van der Waals surface area contributed by atoms with Gasteiger partial charge in [0.05, 0.1) is 12.7 Å². The molecule has 1 aromatic heterocycles. The summed E-state index contributed by atoms with van der Waals surface area (Å²) in [5.74, 6) is 1.60. The van der Waals surface area contributed by atoms with Gasteiger partial charge < -0.3 is 15.0 Å². The van der Waals surface area contributed by atoms with Crippen molar-refractivity contribution in [2.24, 2.45) is 0 Å². The van der Waals surface area contributed by atoms with Gasteiger partial charge in [-0.15, -0.1) is 0 Å². The van der Waals surface area contributed by atoms with Crippen LogP contribution in [0.15, 0.2) is 12.3 Å². The Morgan fingerprint density at radius 2 is 2.22 bits per heavy atom. The first kappa shape index (κ1) is 14.7. The number of likely N-dealkylation sites (N-methyl/N-ethyl adjacent to an activating group) is 1. The van der Waals surface area contributed by atoms with E-state index in [4.69, 9.17) is 4.74 Å². The maximum atomic E-state index is 5.53. The van der Waals surface area contributed by atoms with E-state index in [-0.39, 0.29) is 6.10 Å². The van der Waals surface area contributed by atoms with E-state index in [9.17, 15) is 0 Å². The summed E-state index contributed by atoms with van der Waals surface area (Å²) in [4.78, 5) is 10.7. The van der Waals surface area contributed by atoms with E-state index in [0.29, 0.717) is 12.6 Å². The Morgan fingerprint density at radius 3 is 2.89 bits per heavy atom. The van der Waals surface area contributed by atoms with Gasteiger partial charge in [-0.2, -0.15) is 4.98 Å². The van der Waals surface area contributed by atoms with Crippen LogP contribution in [0.4, 0.5) is 11.8 Å². The van der Waals surface area contributed by atoms with Crippen LogP contribution in [-0.4, -0.2) is 42.8 Å². The van der Waals surface area contributed by atoms with Crippen LogP contribution >= 0.6 is 0 Å². The van der Waals surface area contributed by atoms with Crippen molar-refractivity contribution in [1.29, 1.82) is 0 Å². The largest absolute Gasteiger partial charge is 0.377 e. The van der Waals surface area contributed by atoms with E-state index in [1.54, 1.807) is 6.20 Å². The van der Waals surface area contributed by atoms with Crippen LogP contribution < -0.4 is 10.2 Å². The Hall–Kier alpha value is -1.36. The van der Waals surface area contributed by atoms with Crippen molar-refractivity contribution in [2.45, 2.75) is 33.3 Å². The van der Waals surface area contributed by atoms with Crippen molar-refractivity contribution in [3.8, 4) is 0 Å². The SMILES string of the molecule is CCCNc1nccc(N(C)CCOC(C)C)n1. The fraction of sp³-hybridized carbons (Fsp3) is 0.692. The zero-order valence-electron chi connectivity index (χ0n) is 11.8. The van der Waals surface area contributed by atoms with Gasteiger partial charge in [0.1, 0.15) is 5.82 Å².